The number of rotatable bonds is 2. The Morgan fingerprint density at radius 3 is 2.62 bits per heavy atom. The monoisotopic (exact) mass is 221 g/mol. The van der Waals surface area contributed by atoms with Crippen LogP contribution in [0.15, 0.2) is 36.5 Å². The molecule has 1 aromatic carbocycles. The molecule has 16 heavy (non-hydrogen) atoms. The fourth-order valence-corrected chi connectivity index (χ4v) is 1.42. The van der Waals surface area contributed by atoms with Crippen LogP contribution >= 0.6 is 0 Å². The third-order valence-corrected chi connectivity index (χ3v) is 2.26. The molecule has 1 N–H and O–H groups in total. The van der Waals surface area contributed by atoms with Crippen molar-refractivity contribution >= 4 is 6.09 Å². The number of hydrogen-bond acceptors (Lipinski definition) is 3. The van der Waals surface area contributed by atoms with Crippen molar-refractivity contribution in [1.82, 2.24) is 5.06 Å². The summed E-state index contributed by atoms with van der Waals surface area (Å²) in [7, 11) is 1.59. The number of carbonyl (C=O) groups is 1. The van der Waals surface area contributed by atoms with E-state index in [2.05, 4.69) is 0 Å². The lowest BCUT2D eigenvalue weighted by Gasteiger charge is -2.13. The molecule has 84 valence electrons. The molecule has 1 aliphatic heterocycles. The molecule has 0 aliphatic carbocycles. The van der Waals surface area contributed by atoms with E-state index in [0.29, 0.717) is 0 Å². The van der Waals surface area contributed by atoms with Gasteiger partial charge >= 0.3 is 6.09 Å². The third kappa shape index (κ3) is 1.99. The number of hydrogen-bond donors (Lipinski definition) is 1. The first-order chi connectivity index (χ1) is 7.70. The smallest absolute Gasteiger partial charge is 0.435 e. The summed E-state index contributed by atoms with van der Waals surface area (Å²) >= 11 is 0. The van der Waals surface area contributed by atoms with E-state index in [4.69, 9.17) is 14.7 Å². The number of methoxy groups -OCH3 is 1. The van der Waals surface area contributed by atoms with E-state index in [1.54, 1.807) is 25.3 Å². The van der Waals surface area contributed by atoms with E-state index in [1.165, 1.54) is 6.20 Å². The molecule has 0 radical (unpaired) electrons. The minimum absolute atomic E-state index is 0.359. The Morgan fingerprint density at radius 1 is 1.44 bits per heavy atom. The molecule has 0 saturated carbocycles. The molecule has 5 heteroatoms. The van der Waals surface area contributed by atoms with Crippen molar-refractivity contribution in [2.24, 2.45) is 0 Å². The Morgan fingerprint density at radius 2 is 2.12 bits per heavy atom. The Balaban J connectivity index is 2.09. The van der Waals surface area contributed by atoms with Gasteiger partial charge in [0.2, 0.25) is 0 Å². The van der Waals surface area contributed by atoms with E-state index in [9.17, 15) is 4.79 Å². The average Bonchev–Trinajstić information content (AvgIpc) is 2.78. The molecule has 2 rings (SSSR count). The molecule has 0 spiro atoms. The molecule has 0 unspecified atom stereocenters. The zero-order valence-electron chi connectivity index (χ0n) is 8.66. The number of amides is 1. The maximum absolute atomic E-state index is 10.6. The molecule has 5 nitrogen and oxygen atoms in total. The predicted molar refractivity (Wildman–Crippen MR) is 55.8 cm³/mol. The zero-order chi connectivity index (χ0) is 11.5. The van der Waals surface area contributed by atoms with Crippen LogP contribution in [-0.2, 0) is 4.84 Å². The molecular weight excluding hydrogens is 210 g/mol. The van der Waals surface area contributed by atoms with Crippen molar-refractivity contribution in [2.45, 2.75) is 6.10 Å². The van der Waals surface area contributed by atoms with Gasteiger partial charge in [-0.05, 0) is 23.8 Å². The van der Waals surface area contributed by atoms with Crippen molar-refractivity contribution in [2.75, 3.05) is 7.11 Å². The summed E-state index contributed by atoms with van der Waals surface area (Å²) in [6.07, 6.45) is 1.57. The van der Waals surface area contributed by atoms with Gasteiger partial charge in [0, 0.05) is 6.20 Å². The second kappa shape index (κ2) is 4.24. The zero-order valence-corrected chi connectivity index (χ0v) is 8.66. The normalized spacial score (nSPS) is 18.8. The highest BCUT2D eigenvalue weighted by Gasteiger charge is 2.22. The maximum Gasteiger partial charge on any atom is 0.435 e. The predicted octanol–water partition coefficient (Wildman–Crippen LogP) is 2.18. The molecule has 0 saturated heterocycles. The van der Waals surface area contributed by atoms with Crippen LogP contribution in [-0.4, -0.2) is 23.4 Å². The maximum atomic E-state index is 10.6. The Labute approximate surface area is 92.5 Å². The summed E-state index contributed by atoms with van der Waals surface area (Å²) in [5.74, 6) is 0.751. The van der Waals surface area contributed by atoms with E-state index < -0.39 is 6.09 Å². The minimum Gasteiger partial charge on any atom is -0.497 e. The minimum atomic E-state index is -1.13. The van der Waals surface area contributed by atoms with Gasteiger partial charge in [0.05, 0.1) is 7.11 Å². The average molecular weight is 221 g/mol. The largest absolute Gasteiger partial charge is 0.497 e. The highest BCUT2D eigenvalue weighted by atomic mass is 16.7. The van der Waals surface area contributed by atoms with Crippen molar-refractivity contribution in [3.05, 3.63) is 42.1 Å². The lowest BCUT2D eigenvalue weighted by molar-refractivity contribution is -0.106. The van der Waals surface area contributed by atoms with Gasteiger partial charge in [-0.15, -0.1) is 0 Å². The molecule has 1 aliphatic rings. The Bertz CT molecular complexity index is 412. The lowest BCUT2D eigenvalue weighted by atomic mass is 10.1. The van der Waals surface area contributed by atoms with Gasteiger partial charge < -0.3 is 9.84 Å². The number of carboxylic acid groups (broad SMARTS) is 1. The van der Waals surface area contributed by atoms with Crippen LogP contribution in [0, 0.1) is 0 Å². The van der Waals surface area contributed by atoms with E-state index in [0.717, 1.165) is 16.4 Å². The van der Waals surface area contributed by atoms with Gasteiger partial charge in [0.15, 0.2) is 0 Å². The summed E-state index contributed by atoms with van der Waals surface area (Å²) < 4.78 is 5.03. The quantitative estimate of drug-likeness (QED) is 0.831. The molecule has 1 aromatic rings. The van der Waals surface area contributed by atoms with Crippen LogP contribution in [0.2, 0.25) is 0 Å². The summed E-state index contributed by atoms with van der Waals surface area (Å²) in [6.45, 7) is 0. The van der Waals surface area contributed by atoms with Gasteiger partial charge in [-0.1, -0.05) is 12.1 Å². The highest BCUT2D eigenvalue weighted by molar-refractivity contribution is 5.65. The first-order valence-corrected chi connectivity index (χ1v) is 4.72. The molecule has 0 bridgehead atoms. The van der Waals surface area contributed by atoms with Gasteiger partial charge in [-0.3, -0.25) is 4.84 Å². The van der Waals surface area contributed by atoms with Gasteiger partial charge in [0.25, 0.3) is 0 Å². The topological polar surface area (TPSA) is 59.0 Å². The molecule has 1 atom stereocenters. The third-order valence-electron chi connectivity index (χ3n) is 2.26. The second-order valence-corrected chi connectivity index (χ2v) is 3.25. The molecule has 1 amide bonds. The Hall–Kier alpha value is -2.01. The summed E-state index contributed by atoms with van der Waals surface area (Å²) in [5.41, 5.74) is 0.876. The van der Waals surface area contributed by atoms with Crippen molar-refractivity contribution < 1.29 is 19.5 Å². The fourth-order valence-electron chi connectivity index (χ4n) is 1.42. The van der Waals surface area contributed by atoms with Crippen molar-refractivity contribution in [3.63, 3.8) is 0 Å². The molecular formula is C11H11NO4. The van der Waals surface area contributed by atoms with Crippen molar-refractivity contribution in [1.29, 1.82) is 0 Å². The van der Waals surface area contributed by atoms with Crippen molar-refractivity contribution in [3.8, 4) is 5.75 Å². The number of hydroxylamine groups is 2. The fraction of sp³-hybridized carbons (Fsp3) is 0.182. The first kappa shape index (κ1) is 10.5. The summed E-state index contributed by atoms with van der Waals surface area (Å²) in [4.78, 5) is 15.8. The van der Waals surface area contributed by atoms with Crippen LogP contribution in [0.1, 0.15) is 11.7 Å². The number of ether oxygens (including phenoxy) is 1. The summed E-state index contributed by atoms with van der Waals surface area (Å²) in [5, 5.41) is 9.48. The standard InChI is InChI=1S/C11H11NO4/c1-15-9-4-2-8(3-5-9)10-6-7-12(16-10)11(13)14/h2-7,10H,1H3,(H,13,14)/t10-/m1/s1. The van der Waals surface area contributed by atoms with E-state index in [1.807, 2.05) is 12.1 Å². The highest BCUT2D eigenvalue weighted by Crippen LogP contribution is 2.27. The number of benzene rings is 1. The van der Waals surface area contributed by atoms with Crippen LogP contribution < -0.4 is 4.74 Å². The van der Waals surface area contributed by atoms with Crippen LogP contribution in [0.5, 0.6) is 5.75 Å². The van der Waals surface area contributed by atoms with Crippen LogP contribution in [0.4, 0.5) is 4.79 Å². The van der Waals surface area contributed by atoms with Gasteiger partial charge in [-0.25, -0.2) is 4.79 Å². The molecule has 0 aromatic heterocycles. The molecule has 1 heterocycles. The summed E-state index contributed by atoms with van der Waals surface area (Å²) in [6, 6.07) is 7.27. The second-order valence-electron chi connectivity index (χ2n) is 3.25. The Kier molecular flexibility index (Phi) is 2.78. The van der Waals surface area contributed by atoms with E-state index >= 15 is 0 Å². The van der Waals surface area contributed by atoms with Crippen LogP contribution in [0.25, 0.3) is 0 Å². The first-order valence-electron chi connectivity index (χ1n) is 4.72. The van der Waals surface area contributed by atoms with Gasteiger partial charge in [-0.2, -0.15) is 5.06 Å². The number of nitrogens with zero attached hydrogens (tertiary/aromatic N) is 1. The van der Waals surface area contributed by atoms with Crippen LogP contribution in [0.3, 0.4) is 0 Å². The van der Waals surface area contributed by atoms with Gasteiger partial charge in [0.1, 0.15) is 11.9 Å². The SMILES string of the molecule is COc1ccc([C@H]2C=CN(C(=O)O)O2)cc1. The lowest BCUT2D eigenvalue weighted by Crippen LogP contribution is -2.21. The molecule has 0 fully saturated rings. The van der Waals surface area contributed by atoms with E-state index in [-0.39, 0.29) is 6.10 Å².